The number of amides is 1. The third-order valence-electron chi connectivity index (χ3n) is 2.27. The molecule has 96 valence electrons. The highest BCUT2D eigenvalue weighted by Crippen LogP contribution is 2.18. The van der Waals surface area contributed by atoms with E-state index in [0.717, 1.165) is 0 Å². The molecule has 0 bridgehead atoms. The van der Waals surface area contributed by atoms with Crippen molar-refractivity contribution >= 4 is 17.5 Å². The third kappa shape index (κ3) is 4.03. The molecule has 0 saturated heterocycles. The monoisotopic (exact) mass is 261 g/mol. The van der Waals surface area contributed by atoms with Gasteiger partial charge in [0.2, 0.25) is 5.22 Å². The molecule has 0 saturated carbocycles. The molecule has 1 aromatic heterocycles. The minimum absolute atomic E-state index is 0.106. The minimum atomic E-state index is -0.183. The van der Waals surface area contributed by atoms with Crippen LogP contribution in [0.15, 0.2) is 16.7 Å². The van der Waals surface area contributed by atoms with Crippen molar-refractivity contribution in [1.29, 1.82) is 0 Å². The highest BCUT2D eigenvalue weighted by molar-refractivity contribution is 6.32. The molecule has 0 aromatic carbocycles. The Morgan fingerprint density at radius 2 is 1.94 bits per heavy atom. The summed E-state index contributed by atoms with van der Waals surface area (Å²) in [6, 6.07) is 1.55. The summed E-state index contributed by atoms with van der Waals surface area (Å²) in [6.07, 6.45) is 1.39. The predicted octanol–water partition coefficient (Wildman–Crippen LogP) is 1.67. The molecule has 17 heavy (non-hydrogen) atoms. The second-order valence-electron chi connectivity index (χ2n) is 3.39. The van der Waals surface area contributed by atoms with Gasteiger partial charge in [-0.1, -0.05) is 0 Å². The summed E-state index contributed by atoms with van der Waals surface area (Å²) < 4.78 is 14.8. The number of rotatable bonds is 7. The van der Waals surface area contributed by atoms with Gasteiger partial charge in [0, 0.05) is 27.3 Å². The molecule has 0 unspecified atom stereocenters. The Balaban J connectivity index is 2.68. The van der Waals surface area contributed by atoms with E-state index in [2.05, 4.69) is 0 Å². The van der Waals surface area contributed by atoms with Crippen molar-refractivity contribution in [2.45, 2.75) is 0 Å². The van der Waals surface area contributed by atoms with Crippen molar-refractivity contribution in [3.05, 3.63) is 23.1 Å². The zero-order valence-electron chi connectivity index (χ0n) is 9.94. The Morgan fingerprint density at radius 3 is 2.35 bits per heavy atom. The van der Waals surface area contributed by atoms with Crippen LogP contribution in [0.2, 0.25) is 5.22 Å². The number of hydrogen-bond donors (Lipinski definition) is 0. The Morgan fingerprint density at radius 1 is 1.35 bits per heavy atom. The van der Waals surface area contributed by atoms with E-state index in [1.807, 2.05) is 0 Å². The molecule has 6 heteroatoms. The first-order valence-electron chi connectivity index (χ1n) is 5.20. The summed E-state index contributed by atoms with van der Waals surface area (Å²) in [5.74, 6) is -0.183. The summed E-state index contributed by atoms with van der Waals surface area (Å²) in [5.41, 5.74) is 0.360. The zero-order chi connectivity index (χ0) is 12.7. The molecule has 0 atom stereocenters. The van der Waals surface area contributed by atoms with Crippen molar-refractivity contribution in [3.63, 3.8) is 0 Å². The fourth-order valence-corrected chi connectivity index (χ4v) is 1.53. The average Bonchev–Trinajstić information content (AvgIpc) is 2.75. The molecule has 1 amide bonds. The SMILES string of the molecule is COCCN(CCOC)C(=O)c1ccoc1Cl. The number of methoxy groups -OCH3 is 2. The molecule has 0 aliphatic heterocycles. The summed E-state index contributed by atoms with van der Waals surface area (Å²) in [4.78, 5) is 13.7. The van der Waals surface area contributed by atoms with Crippen molar-refractivity contribution in [2.24, 2.45) is 0 Å². The number of ether oxygens (including phenoxy) is 2. The summed E-state index contributed by atoms with van der Waals surface area (Å²) >= 11 is 5.77. The molecule has 0 spiro atoms. The first-order valence-corrected chi connectivity index (χ1v) is 5.58. The van der Waals surface area contributed by atoms with Gasteiger partial charge in [-0.25, -0.2) is 0 Å². The molecule has 0 aliphatic rings. The Kier molecular flexibility index (Phi) is 6.04. The number of carbonyl (C=O) groups excluding carboxylic acids is 1. The molecule has 0 aliphatic carbocycles. The van der Waals surface area contributed by atoms with E-state index in [4.69, 9.17) is 25.5 Å². The van der Waals surface area contributed by atoms with Gasteiger partial charge >= 0.3 is 0 Å². The van der Waals surface area contributed by atoms with Crippen LogP contribution in [0, 0.1) is 0 Å². The van der Waals surface area contributed by atoms with Gasteiger partial charge in [0.25, 0.3) is 5.91 Å². The van der Waals surface area contributed by atoms with Crippen molar-refractivity contribution in [1.82, 2.24) is 4.90 Å². The van der Waals surface area contributed by atoms with Crippen LogP contribution in [0.25, 0.3) is 0 Å². The topological polar surface area (TPSA) is 51.9 Å². The Hall–Kier alpha value is -1.04. The second-order valence-corrected chi connectivity index (χ2v) is 3.73. The third-order valence-corrected chi connectivity index (χ3v) is 2.56. The maximum Gasteiger partial charge on any atom is 0.258 e. The van der Waals surface area contributed by atoms with Gasteiger partial charge in [0.15, 0.2) is 0 Å². The van der Waals surface area contributed by atoms with E-state index in [1.165, 1.54) is 6.26 Å². The lowest BCUT2D eigenvalue weighted by Crippen LogP contribution is -2.36. The van der Waals surface area contributed by atoms with Crippen LogP contribution in [0.4, 0.5) is 0 Å². The van der Waals surface area contributed by atoms with Crippen LogP contribution < -0.4 is 0 Å². The largest absolute Gasteiger partial charge is 0.452 e. The number of furan rings is 1. The highest BCUT2D eigenvalue weighted by atomic mass is 35.5. The lowest BCUT2D eigenvalue weighted by molar-refractivity contribution is 0.0627. The van der Waals surface area contributed by atoms with Crippen LogP contribution in [-0.4, -0.2) is 51.3 Å². The van der Waals surface area contributed by atoms with Crippen LogP contribution >= 0.6 is 11.6 Å². The molecule has 0 fully saturated rings. The van der Waals surface area contributed by atoms with E-state index in [0.29, 0.717) is 31.9 Å². The molecular formula is C11H16ClNO4. The van der Waals surface area contributed by atoms with Crippen LogP contribution in [0.5, 0.6) is 0 Å². The normalized spacial score (nSPS) is 10.5. The van der Waals surface area contributed by atoms with Crippen LogP contribution in [0.3, 0.4) is 0 Å². The van der Waals surface area contributed by atoms with Crippen molar-refractivity contribution in [2.75, 3.05) is 40.5 Å². The molecule has 0 radical (unpaired) electrons. The van der Waals surface area contributed by atoms with E-state index in [-0.39, 0.29) is 11.1 Å². The Labute approximate surface area is 105 Å². The zero-order valence-corrected chi connectivity index (χ0v) is 10.7. The molecule has 1 rings (SSSR count). The second kappa shape index (κ2) is 7.32. The van der Waals surface area contributed by atoms with Crippen molar-refractivity contribution < 1.29 is 18.7 Å². The molecule has 0 N–H and O–H groups in total. The lowest BCUT2D eigenvalue weighted by Gasteiger charge is -2.21. The lowest BCUT2D eigenvalue weighted by atomic mass is 10.3. The van der Waals surface area contributed by atoms with E-state index in [9.17, 15) is 4.79 Å². The predicted molar refractivity (Wildman–Crippen MR) is 63.4 cm³/mol. The Bertz CT molecular complexity index is 345. The smallest absolute Gasteiger partial charge is 0.258 e. The first kappa shape index (κ1) is 14.0. The maximum absolute atomic E-state index is 12.1. The van der Waals surface area contributed by atoms with Crippen molar-refractivity contribution in [3.8, 4) is 0 Å². The summed E-state index contributed by atoms with van der Waals surface area (Å²) in [5, 5.41) is 0.106. The van der Waals surface area contributed by atoms with Gasteiger partial charge < -0.3 is 18.8 Å². The minimum Gasteiger partial charge on any atom is -0.452 e. The van der Waals surface area contributed by atoms with Gasteiger partial charge in [-0.05, 0) is 17.7 Å². The molecule has 5 nitrogen and oxygen atoms in total. The van der Waals surface area contributed by atoms with Crippen LogP contribution in [-0.2, 0) is 9.47 Å². The van der Waals surface area contributed by atoms with Gasteiger partial charge in [-0.15, -0.1) is 0 Å². The van der Waals surface area contributed by atoms with Gasteiger partial charge in [0.1, 0.15) is 0 Å². The van der Waals surface area contributed by atoms with Gasteiger partial charge in [-0.3, -0.25) is 4.79 Å². The number of halogens is 1. The van der Waals surface area contributed by atoms with E-state index in [1.54, 1.807) is 25.2 Å². The maximum atomic E-state index is 12.1. The van der Waals surface area contributed by atoms with Gasteiger partial charge in [0.05, 0.1) is 25.0 Å². The van der Waals surface area contributed by atoms with E-state index < -0.39 is 0 Å². The first-order chi connectivity index (χ1) is 8.20. The van der Waals surface area contributed by atoms with Gasteiger partial charge in [-0.2, -0.15) is 0 Å². The highest BCUT2D eigenvalue weighted by Gasteiger charge is 2.19. The quantitative estimate of drug-likeness (QED) is 0.749. The fraction of sp³-hybridized carbons (Fsp3) is 0.545. The fourth-order valence-electron chi connectivity index (χ4n) is 1.33. The summed E-state index contributed by atoms with van der Waals surface area (Å²) in [6.45, 7) is 1.90. The molecule has 1 aromatic rings. The molecular weight excluding hydrogens is 246 g/mol. The number of carbonyl (C=O) groups is 1. The standard InChI is InChI=1S/C11H16ClNO4/c1-15-7-4-13(5-8-16-2)11(14)9-3-6-17-10(9)12/h3,6H,4-5,7-8H2,1-2H3. The van der Waals surface area contributed by atoms with Crippen LogP contribution in [0.1, 0.15) is 10.4 Å². The average molecular weight is 262 g/mol. The summed E-state index contributed by atoms with van der Waals surface area (Å²) in [7, 11) is 3.17. The number of hydrogen-bond acceptors (Lipinski definition) is 4. The number of nitrogens with zero attached hydrogens (tertiary/aromatic N) is 1. The van der Waals surface area contributed by atoms with E-state index >= 15 is 0 Å². The molecule has 1 heterocycles.